The summed E-state index contributed by atoms with van der Waals surface area (Å²) in [5.41, 5.74) is 4.73. The van der Waals surface area contributed by atoms with Gasteiger partial charge in [0, 0.05) is 19.6 Å². The van der Waals surface area contributed by atoms with E-state index in [9.17, 15) is 8.42 Å². The Hall–Kier alpha value is -1.40. The fourth-order valence-electron chi connectivity index (χ4n) is 3.01. The summed E-state index contributed by atoms with van der Waals surface area (Å²) < 4.78 is 27.8. The minimum atomic E-state index is -3.51. The van der Waals surface area contributed by atoms with E-state index in [1.165, 1.54) is 11.1 Å². The molecular formula is C20H27ClN2O2S. The van der Waals surface area contributed by atoms with Crippen LogP contribution in [-0.2, 0) is 35.1 Å². The number of rotatable bonds is 6. The Morgan fingerprint density at radius 3 is 2.35 bits per heavy atom. The third-order valence-electron chi connectivity index (χ3n) is 5.20. The van der Waals surface area contributed by atoms with E-state index in [1.54, 1.807) is 12.1 Å². The molecule has 1 aliphatic heterocycles. The van der Waals surface area contributed by atoms with Crippen LogP contribution in [0.25, 0.3) is 0 Å². The smallest absolute Gasteiger partial charge is 0.240 e. The molecule has 2 aromatic carbocycles. The second-order valence-electron chi connectivity index (χ2n) is 7.29. The SMILES string of the molecule is CCC(C)(C)c1ccc(S(=O)(=O)NCc2ccc3c(c2)CNC3)cc1.Cl. The van der Waals surface area contributed by atoms with Crippen molar-refractivity contribution in [1.82, 2.24) is 10.0 Å². The summed E-state index contributed by atoms with van der Waals surface area (Å²) in [7, 11) is -3.51. The Morgan fingerprint density at radius 1 is 1.04 bits per heavy atom. The zero-order valence-electron chi connectivity index (χ0n) is 15.5. The van der Waals surface area contributed by atoms with Gasteiger partial charge in [-0.15, -0.1) is 12.4 Å². The van der Waals surface area contributed by atoms with E-state index >= 15 is 0 Å². The summed E-state index contributed by atoms with van der Waals surface area (Å²) in [5, 5.41) is 3.30. The zero-order chi connectivity index (χ0) is 18.1. The number of hydrogen-bond donors (Lipinski definition) is 2. The minimum Gasteiger partial charge on any atom is -0.309 e. The summed E-state index contributed by atoms with van der Waals surface area (Å²) in [6.07, 6.45) is 1.00. The number of halogens is 1. The van der Waals surface area contributed by atoms with Crippen LogP contribution in [0, 0.1) is 0 Å². The Balaban J connectivity index is 0.00000243. The first-order valence-corrected chi connectivity index (χ1v) is 10.2. The molecule has 4 nitrogen and oxygen atoms in total. The van der Waals surface area contributed by atoms with E-state index in [0.717, 1.165) is 30.6 Å². The topological polar surface area (TPSA) is 58.2 Å². The van der Waals surface area contributed by atoms with Gasteiger partial charge in [0.15, 0.2) is 0 Å². The van der Waals surface area contributed by atoms with E-state index in [2.05, 4.69) is 42.9 Å². The van der Waals surface area contributed by atoms with Gasteiger partial charge in [0.1, 0.15) is 0 Å². The Labute approximate surface area is 162 Å². The molecule has 0 saturated heterocycles. The molecule has 2 N–H and O–H groups in total. The van der Waals surface area contributed by atoms with E-state index in [4.69, 9.17) is 0 Å². The minimum absolute atomic E-state index is 0. The maximum absolute atomic E-state index is 12.5. The maximum Gasteiger partial charge on any atom is 0.240 e. The normalized spacial score (nSPS) is 14.0. The van der Waals surface area contributed by atoms with Gasteiger partial charge in [0.25, 0.3) is 0 Å². The van der Waals surface area contributed by atoms with E-state index in [0.29, 0.717) is 11.4 Å². The fourth-order valence-corrected chi connectivity index (χ4v) is 4.03. The summed E-state index contributed by atoms with van der Waals surface area (Å²) >= 11 is 0. The molecular weight excluding hydrogens is 368 g/mol. The van der Waals surface area contributed by atoms with Crippen LogP contribution in [-0.4, -0.2) is 8.42 Å². The van der Waals surface area contributed by atoms with Crippen LogP contribution >= 0.6 is 12.4 Å². The van der Waals surface area contributed by atoms with Crippen molar-refractivity contribution in [3.63, 3.8) is 0 Å². The van der Waals surface area contributed by atoms with Gasteiger partial charge in [-0.3, -0.25) is 0 Å². The number of nitrogens with one attached hydrogen (secondary N) is 2. The van der Waals surface area contributed by atoms with Gasteiger partial charge in [-0.25, -0.2) is 13.1 Å². The summed E-state index contributed by atoms with van der Waals surface area (Å²) in [6.45, 7) is 8.51. The second kappa shape index (κ2) is 8.09. The van der Waals surface area contributed by atoms with Crippen molar-refractivity contribution in [3.8, 4) is 0 Å². The standard InChI is InChI=1S/C20H26N2O2S.ClH/c1-4-20(2,3)18-7-9-19(10-8-18)25(23,24)22-12-15-5-6-16-13-21-14-17(16)11-15;/h5-11,21-22H,4,12-14H2,1-3H3;1H. The monoisotopic (exact) mass is 394 g/mol. The molecule has 0 aliphatic carbocycles. The molecule has 0 aromatic heterocycles. The Bertz CT molecular complexity index is 862. The average molecular weight is 395 g/mol. The average Bonchev–Trinajstić information content (AvgIpc) is 3.08. The summed E-state index contributed by atoms with van der Waals surface area (Å²) in [6, 6.07) is 13.4. The van der Waals surface area contributed by atoms with Crippen LogP contribution < -0.4 is 10.0 Å². The van der Waals surface area contributed by atoms with Crippen molar-refractivity contribution in [2.45, 2.75) is 57.1 Å². The van der Waals surface area contributed by atoms with Gasteiger partial charge in [0.05, 0.1) is 4.90 Å². The molecule has 0 radical (unpaired) electrons. The lowest BCUT2D eigenvalue weighted by Crippen LogP contribution is -2.23. The van der Waals surface area contributed by atoms with Gasteiger partial charge in [-0.2, -0.15) is 0 Å². The molecule has 142 valence electrons. The van der Waals surface area contributed by atoms with Crippen molar-refractivity contribution in [2.24, 2.45) is 0 Å². The third kappa shape index (κ3) is 4.46. The second-order valence-corrected chi connectivity index (χ2v) is 9.06. The highest BCUT2D eigenvalue weighted by Crippen LogP contribution is 2.27. The van der Waals surface area contributed by atoms with Crippen LogP contribution in [0.2, 0.25) is 0 Å². The molecule has 3 rings (SSSR count). The predicted octanol–water partition coefficient (Wildman–Crippen LogP) is 3.88. The lowest BCUT2D eigenvalue weighted by molar-refractivity contribution is 0.505. The molecule has 0 amide bonds. The van der Waals surface area contributed by atoms with Crippen molar-refractivity contribution < 1.29 is 8.42 Å². The van der Waals surface area contributed by atoms with Crippen LogP contribution in [0.5, 0.6) is 0 Å². The van der Waals surface area contributed by atoms with Crippen LogP contribution in [0.4, 0.5) is 0 Å². The van der Waals surface area contributed by atoms with E-state index in [-0.39, 0.29) is 17.8 Å². The molecule has 1 aliphatic rings. The Morgan fingerprint density at radius 2 is 1.69 bits per heavy atom. The molecule has 6 heteroatoms. The van der Waals surface area contributed by atoms with Crippen molar-refractivity contribution in [2.75, 3.05) is 0 Å². The lowest BCUT2D eigenvalue weighted by Gasteiger charge is -2.23. The number of benzene rings is 2. The molecule has 0 bridgehead atoms. The first kappa shape index (κ1) is 20.9. The van der Waals surface area contributed by atoms with E-state index < -0.39 is 10.0 Å². The molecule has 0 fully saturated rings. The maximum atomic E-state index is 12.5. The first-order chi connectivity index (χ1) is 11.8. The highest BCUT2D eigenvalue weighted by molar-refractivity contribution is 7.89. The van der Waals surface area contributed by atoms with Crippen LogP contribution in [0.1, 0.15) is 49.4 Å². The molecule has 0 unspecified atom stereocenters. The van der Waals surface area contributed by atoms with Crippen molar-refractivity contribution in [3.05, 3.63) is 64.7 Å². The number of sulfonamides is 1. The van der Waals surface area contributed by atoms with Gasteiger partial charge in [-0.1, -0.05) is 51.1 Å². The molecule has 0 spiro atoms. The summed E-state index contributed by atoms with van der Waals surface area (Å²) in [4.78, 5) is 0.311. The molecule has 1 heterocycles. The van der Waals surface area contributed by atoms with Crippen molar-refractivity contribution in [1.29, 1.82) is 0 Å². The first-order valence-electron chi connectivity index (χ1n) is 8.73. The van der Waals surface area contributed by atoms with Crippen molar-refractivity contribution >= 4 is 22.4 Å². The predicted molar refractivity (Wildman–Crippen MR) is 108 cm³/mol. The largest absolute Gasteiger partial charge is 0.309 e. The van der Waals surface area contributed by atoms with Gasteiger partial charge >= 0.3 is 0 Å². The summed E-state index contributed by atoms with van der Waals surface area (Å²) in [5.74, 6) is 0. The van der Waals surface area contributed by atoms with E-state index in [1.807, 2.05) is 18.2 Å². The quantitative estimate of drug-likeness (QED) is 0.781. The van der Waals surface area contributed by atoms with Gasteiger partial charge < -0.3 is 5.32 Å². The molecule has 0 saturated carbocycles. The molecule has 0 atom stereocenters. The number of hydrogen-bond acceptors (Lipinski definition) is 3. The zero-order valence-corrected chi connectivity index (χ0v) is 17.1. The van der Waals surface area contributed by atoms with Crippen LogP contribution in [0.3, 0.4) is 0 Å². The lowest BCUT2D eigenvalue weighted by atomic mass is 9.82. The van der Waals surface area contributed by atoms with Gasteiger partial charge in [-0.05, 0) is 46.2 Å². The van der Waals surface area contributed by atoms with Crippen LogP contribution in [0.15, 0.2) is 47.4 Å². The fraction of sp³-hybridized carbons (Fsp3) is 0.400. The molecule has 26 heavy (non-hydrogen) atoms. The Kier molecular flexibility index (Phi) is 6.51. The highest BCUT2D eigenvalue weighted by atomic mass is 35.5. The third-order valence-corrected chi connectivity index (χ3v) is 6.62. The highest BCUT2D eigenvalue weighted by Gasteiger charge is 2.20. The van der Waals surface area contributed by atoms with Gasteiger partial charge in [0.2, 0.25) is 10.0 Å². The molecule has 2 aromatic rings. The number of fused-ring (bicyclic) bond motifs is 1.